The molecule has 1 aliphatic carbocycles. The lowest BCUT2D eigenvalue weighted by Crippen LogP contribution is -2.49. The summed E-state index contributed by atoms with van der Waals surface area (Å²) in [6, 6.07) is -0.433. The molecule has 0 aromatic heterocycles. The van der Waals surface area contributed by atoms with Crippen molar-refractivity contribution < 1.29 is 14.3 Å². The Labute approximate surface area is 148 Å². The number of amides is 1. The minimum atomic E-state index is -0.433. The average Bonchev–Trinajstić information content (AvgIpc) is 2.54. The van der Waals surface area contributed by atoms with Gasteiger partial charge in [-0.25, -0.2) is 0 Å². The molecule has 0 saturated heterocycles. The molecule has 0 heterocycles. The van der Waals surface area contributed by atoms with E-state index >= 15 is 0 Å². The fraction of sp³-hybridized carbons (Fsp3) is 0.947. The Morgan fingerprint density at radius 1 is 1.12 bits per heavy atom. The maximum atomic E-state index is 12.9. The molecule has 0 aromatic carbocycles. The average molecular weight is 343 g/mol. The molecule has 142 valence electrons. The summed E-state index contributed by atoms with van der Waals surface area (Å²) in [5, 5.41) is 0. The van der Waals surface area contributed by atoms with Crippen LogP contribution in [0.15, 0.2) is 0 Å². The predicted molar refractivity (Wildman–Crippen MR) is 97.6 cm³/mol. The molecule has 0 spiro atoms. The molecule has 0 radical (unpaired) electrons. The molecule has 0 aromatic rings. The van der Waals surface area contributed by atoms with E-state index in [1.54, 1.807) is 0 Å². The van der Waals surface area contributed by atoms with Crippen LogP contribution in [0.5, 0.6) is 0 Å². The summed E-state index contributed by atoms with van der Waals surface area (Å²) >= 11 is 0. The van der Waals surface area contributed by atoms with Gasteiger partial charge in [0.25, 0.3) is 0 Å². The van der Waals surface area contributed by atoms with Crippen molar-refractivity contribution in [2.75, 3.05) is 26.3 Å². The van der Waals surface area contributed by atoms with Crippen LogP contribution in [-0.4, -0.2) is 49.4 Å². The van der Waals surface area contributed by atoms with Crippen LogP contribution in [0.4, 0.5) is 0 Å². The monoisotopic (exact) mass is 342 g/mol. The largest absolute Gasteiger partial charge is 0.351 e. The summed E-state index contributed by atoms with van der Waals surface area (Å²) in [5.41, 5.74) is 6.17. The summed E-state index contributed by atoms with van der Waals surface area (Å²) in [7, 11) is 0. The third-order valence-electron chi connectivity index (χ3n) is 4.63. The van der Waals surface area contributed by atoms with Gasteiger partial charge in [-0.1, -0.05) is 33.1 Å². The van der Waals surface area contributed by atoms with Gasteiger partial charge in [-0.2, -0.15) is 0 Å². The van der Waals surface area contributed by atoms with Crippen LogP contribution in [0.25, 0.3) is 0 Å². The number of ether oxygens (including phenoxy) is 2. The highest BCUT2D eigenvalue weighted by molar-refractivity contribution is 5.81. The Morgan fingerprint density at radius 3 is 2.21 bits per heavy atom. The molecule has 0 aliphatic heterocycles. The lowest BCUT2D eigenvalue weighted by atomic mass is 9.88. The van der Waals surface area contributed by atoms with E-state index in [1.807, 2.05) is 18.7 Å². The third kappa shape index (κ3) is 7.95. The molecule has 5 heteroatoms. The smallest absolute Gasteiger partial charge is 0.239 e. The number of hydrogen-bond acceptors (Lipinski definition) is 4. The third-order valence-corrected chi connectivity index (χ3v) is 4.63. The zero-order chi connectivity index (χ0) is 17.9. The summed E-state index contributed by atoms with van der Waals surface area (Å²) in [6.45, 7) is 10.5. The van der Waals surface area contributed by atoms with Crippen molar-refractivity contribution in [2.24, 2.45) is 17.6 Å². The molecule has 1 fully saturated rings. The summed E-state index contributed by atoms with van der Waals surface area (Å²) in [5.74, 6) is 1.03. The van der Waals surface area contributed by atoms with Gasteiger partial charge in [0.2, 0.25) is 5.91 Å². The standard InChI is InChI=1S/C19H38N2O3/c1-5-23-18(24-6-2)14-21(13-16-10-8-7-9-11-16)19(22)17(20)12-15(3)4/h15-18H,5-14,20H2,1-4H3/t17-/m0/s1. The molecule has 0 bridgehead atoms. The lowest BCUT2D eigenvalue weighted by molar-refractivity contribution is -0.161. The van der Waals surface area contributed by atoms with Crippen molar-refractivity contribution in [2.45, 2.75) is 78.6 Å². The molecule has 24 heavy (non-hydrogen) atoms. The summed E-state index contributed by atoms with van der Waals surface area (Å²) < 4.78 is 11.3. The van der Waals surface area contributed by atoms with E-state index in [-0.39, 0.29) is 12.2 Å². The lowest BCUT2D eigenvalue weighted by Gasteiger charge is -2.34. The number of rotatable bonds is 11. The second kappa shape index (κ2) is 11.8. The van der Waals surface area contributed by atoms with E-state index in [4.69, 9.17) is 15.2 Å². The van der Waals surface area contributed by atoms with Crippen molar-refractivity contribution in [1.29, 1.82) is 0 Å². The first kappa shape index (κ1) is 21.4. The molecule has 0 unspecified atom stereocenters. The van der Waals surface area contributed by atoms with Crippen LogP contribution in [0.3, 0.4) is 0 Å². The minimum Gasteiger partial charge on any atom is -0.351 e. The van der Waals surface area contributed by atoms with E-state index < -0.39 is 6.04 Å². The molecule has 1 saturated carbocycles. The normalized spacial score (nSPS) is 17.5. The highest BCUT2D eigenvalue weighted by atomic mass is 16.7. The molecule has 1 rings (SSSR count). The van der Waals surface area contributed by atoms with Gasteiger partial charge in [-0.3, -0.25) is 4.79 Å². The first-order chi connectivity index (χ1) is 11.5. The van der Waals surface area contributed by atoms with Gasteiger partial charge in [0.05, 0.1) is 12.6 Å². The van der Waals surface area contributed by atoms with Gasteiger partial charge in [0.15, 0.2) is 6.29 Å². The van der Waals surface area contributed by atoms with Crippen molar-refractivity contribution in [3.8, 4) is 0 Å². The van der Waals surface area contributed by atoms with Crippen molar-refractivity contribution >= 4 is 5.91 Å². The highest BCUT2D eigenvalue weighted by Crippen LogP contribution is 2.25. The Bertz CT molecular complexity index is 338. The first-order valence-electron chi connectivity index (χ1n) is 9.75. The number of carbonyl (C=O) groups is 1. The SMILES string of the molecule is CCOC(CN(CC1CCCCC1)C(=O)[C@@H](N)CC(C)C)OCC. The second-order valence-electron chi connectivity index (χ2n) is 7.32. The van der Waals surface area contributed by atoms with Crippen LogP contribution in [0, 0.1) is 11.8 Å². The van der Waals surface area contributed by atoms with Gasteiger partial charge in [0.1, 0.15) is 0 Å². The molecular weight excluding hydrogens is 304 g/mol. The fourth-order valence-corrected chi connectivity index (χ4v) is 3.48. The van der Waals surface area contributed by atoms with Crippen LogP contribution in [-0.2, 0) is 14.3 Å². The van der Waals surface area contributed by atoms with Crippen molar-refractivity contribution in [1.82, 2.24) is 4.90 Å². The zero-order valence-corrected chi connectivity index (χ0v) is 16.1. The minimum absolute atomic E-state index is 0.0404. The van der Waals surface area contributed by atoms with Gasteiger partial charge in [-0.05, 0) is 44.9 Å². The molecule has 2 N–H and O–H groups in total. The Kier molecular flexibility index (Phi) is 10.5. The van der Waals surface area contributed by atoms with E-state index in [1.165, 1.54) is 32.1 Å². The van der Waals surface area contributed by atoms with Gasteiger partial charge in [0, 0.05) is 19.8 Å². The first-order valence-corrected chi connectivity index (χ1v) is 9.75. The summed E-state index contributed by atoms with van der Waals surface area (Å²) in [6.07, 6.45) is 6.62. The second-order valence-corrected chi connectivity index (χ2v) is 7.32. The molecule has 1 aliphatic rings. The quantitative estimate of drug-likeness (QED) is 0.586. The molecule has 5 nitrogen and oxygen atoms in total. The summed E-state index contributed by atoms with van der Waals surface area (Å²) in [4.78, 5) is 14.8. The maximum Gasteiger partial charge on any atom is 0.239 e. The molecule has 1 amide bonds. The Morgan fingerprint density at radius 2 is 1.71 bits per heavy atom. The van der Waals surface area contributed by atoms with Gasteiger partial charge < -0.3 is 20.1 Å². The van der Waals surface area contributed by atoms with Crippen molar-refractivity contribution in [3.05, 3.63) is 0 Å². The number of nitrogens with zero attached hydrogens (tertiary/aromatic N) is 1. The van der Waals surface area contributed by atoms with Crippen LogP contribution in [0.2, 0.25) is 0 Å². The Balaban J connectivity index is 2.73. The Hall–Kier alpha value is -0.650. The van der Waals surface area contributed by atoms with Crippen molar-refractivity contribution in [3.63, 3.8) is 0 Å². The predicted octanol–water partition coefficient (Wildman–Crippen LogP) is 3.17. The maximum absolute atomic E-state index is 12.9. The highest BCUT2D eigenvalue weighted by Gasteiger charge is 2.27. The van der Waals surface area contributed by atoms with Gasteiger partial charge in [-0.15, -0.1) is 0 Å². The van der Waals surface area contributed by atoms with Crippen LogP contribution in [0.1, 0.15) is 66.2 Å². The van der Waals surface area contributed by atoms with Crippen LogP contribution < -0.4 is 5.73 Å². The number of carbonyl (C=O) groups excluding carboxylic acids is 1. The van der Waals surface area contributed by atoms with E-state index in [9.17, 15) is 4.79 Å². The molecular formula is C19H38N2O3. The number of hydrogen-bond donors (Lipinski definition) is 1. The van der Waals surface area contributed by atoms with E-state index in [0.717, 1.165) is 6.54 Å². The number of nitrogens with two attached hydrogens (primary N) is 1. The zero-order valence-electron chi connectivity index (χ0n) is 16.1. The fourth-order valence-electron chi connectivity index (χ4n) is 3.48. The molecule has 1 atom stereocenters. The van der Waals surface area contributed by atoms with Crippen LogP contribution >= 0.6 is 0 Å². The topological polar surface area (TPSA) is 64.8 Å². The van der Waals surface area contributed by atoms with E-state index in [2.05, 4.69) is 13.8 Å². The van der Waals surface area contributed by atoms with E-state index in [0.29, 0.717) is 38.0 Å². The van der Waals surface area contributed by atoms with Gasteiger partial charge >= 0.3 is 0 Å².